The van der Waals surface area contributed by atoms with Crippen molar-refractivity contribution in [2.45, 2.75) is 69.9 Å². The van der Waals surface area contributed by atoms with Gasteiger partial charge in [-0.25, -0.2) is 0 Å². The molecule has 16 heavy (non-hydrogen) atoms. The minimum atomic E-state index is 0.327. The van der Waals surface area contributed by atoms with Crippen LogP contribution >= 0.6 is 0 Å². The SMILES string of the molecule is C1CC2CCCC3C[SiH2]CC(C1)CC(C2)C3. The maximum absolute atomic E-state index is 1.71. The summed E-state index contributed by atoms with van der Waals surface area (Å²) in [6, 6.07) is 3.41. The third-order valence-corrected chi connectivity index (χ3v) is 8.12. The molecule has 0 spiro atoms. The molecular formula is C15H28Si. The predicted octanol–water partition coefficient (Wildman–Crippen LogP) is 4.01. The molecule has 2 saturated carbocycles. The molecule has 92 valence electrons. The fourth-order valence-corrected chi connectivity index (χ4v) is 7.37. The Morgan fingerprint density at radius 1 is 0.562 bits per heavy atom. The minimum absolute atomic E-state index is 0.327. The Bertz CT molecular complexity index is 175. The van der Waals surface area contributed by atoms with E-state index in [0.29, 0.717) is 9.52 Å². The van der Waals surface area contributed by atoms with Crippen molar-refractivity contribution in [3.63, 3.8) is 0 Å². The third kappa shape index (κ3) is 2.72. The molecule has 0 amide bonds. The van der Waals surface area contributed by atoms with E-state index in [1.807, 2.05) is 0 Å². The van der Waals surface area contributed by atoms with Crippen molar-refractivity contribution >= 4 is 9.52 Å². The second kappa shape index (κ2) is 5.24. The number of hydrogen-bond acceptors (Lipinski definition) is 0. The van der Waals surface area contributed by atoms with Gasteiger partial charge in [-0.2, -0.15) is 0 Å². The Hall–Kier alpha value is 0.217. The first kappa shape index (κ1) is 11.3. The normalized spacial score (nSPS) is 46.5. The Morgan fingerprint density at radius 3 is 1.69 bits per heavy atom. The molecule has 1 saturated heterocycles. The van der Waals surface area contributed by atoms with Gasteiger partial charge in [0.05, 0.1) is 0 Å². The van der Waals surface area contributed by atoms with Crippen LogP contribution in [-0.4, -0.2) is 9.52 Å². The zero-order valence-electron chi connectivity index (χ0n) is 10.8. The van der Waals surface area contributed by atoms with Crippen LogP contribution in [0.4, 0.5) is 0 Å². The average molecular weight is 236 g/mol. The van der Waals surface area contributed by atoms with Gasteiger partial charge in [-0.15, -0.1) is 0 Å². The number of rotatable bonds is 0. The quantitative estimate of drug-likeness (QED) is 0.558. The van der Waals surface area contributed by atoms with E-state index in [2.05, 4.69) is 0 Å². The van der Waals surface area contributed by atoms with Gasteiger partial charge in [-0.3, -0.25) is 0 Å². The van der Waals surface area contributed by atoms with Crippen molar-refractivity contribution in [1.29, 1.82) is 0 Å². The van der Waals surface area contributed by atoms with E-state index < -0.39 is 0 Å². The van der Waals surface area contributed by atoms with Crippen LogP contribution in [0.2, 0.25) is 12.1 Å². The van der Waals surface area contributed by atoms with Crippen LogP contribution in [0.5, 0.6) is 0 Å². The topological polar surface area (TPSA) is 0 Å². The molecular weight excluding hydrogens is 208 g/mol. The molecule has 1 aliphatic heterocycles. The van der Waals surface area contributed by atoms with E-state index in [1.54, 1.807) is 69.9 Å². The highest BCUT2D eigenvalue weighted by molar-refractivity contribution is 6.35. The van der Waals surface area contributed by atoms with Gasteiger partial charge in [0.25, 0.3) is 0 Å². The smallest absolute Gasteiger partial charge is 0.0203 e. The van der Waals surface area contributed by atoms with E-state index in [4.69, 9.17) is 0 Å². The molecule has 2 aliphatic carbocycles. The summed E-state index contributed by atoms with van der Waals surface area (Å²) < 4.78 is 0. The zero-order chi connectivity index (χ0) is 10.8. The second-order valence-corrected chi connectivity index (χ2v) is 8.83. The summed E-state index contributed by atoms with van der Waals surface area (Å²) in [5.74, 6) is 4.63. The van der Waals surface area contributed by atoms with Crippen LogP contribution in [0.3, 0.4) is 0 Å². The number of hydrogen-bond donors (Lipinski definition) is 0. The van der Waals surface area contributed by atoms with Crippen molar-refractivity contribution < 1.29 is 0 Å². The summed E-state index contributed by atoms with van der Waals surface area (Å²) in [6.07, 6.45) is 14.4. The lowest BCUT2D eigenvalue weighted by atomic mass is 9.72. The van der Waals surface area contributed by atoms with E-state index in [0.717, 1.165) is 11.8 Å². The van der Waals surface area contributed by atoms with Gasteiger partial charge in [0, 0.05) is 9.52 Å². The van der Waals surface area contributed by atoms with Gasteiger partial charge in [0.2, 0.25) is 0 Å². The summed E-state index contributed by atoms with van der Waals surface area (Å²) in [5, 5.41) is 0. The van der Waals surface area contributed by atoms with Crippen LogP contribution in [0.15, 0.2) is 0 Å². The standard InChI is InChI=1S/C15H28Si/c1-3-12-4-2-6-14-9-15(7-12)8-13(5-1)10-16-11-14/h12-15H,1-11,16H2. The van der Waals surface area contributed by atoms with Crippen LogP contribution in [0, 0.1) is 23.7 Å². The highest BCUT2D eigenvalue weighted by Gasteiger charge is 2.29. The van der Waals surface area contributed by atoms with Gasteiger partial charge >= 0.3 is 0 Å². The molecule has 0 N–H and O–H groups in total. The molecule has 4 bridgehead atoms. The Kier molecular flexibility index (Phi) is 3.71. The molecule has 0 aromatic rings. The number of fused-ring (bicyclic) bond motifs is 3. The molecule has 0 aromatic carbocycles. The van der Waals surface area contributed by atoms with Gasteiger partial charge in [-0.05, 0) is 42.9 Å². The lowest BCUT2D eigenvalue weighted by Crippen LogP contribution is -2.26. The molecule has 2 unspecified atom stereocenters. The minimum Gasteiger partial charge on any atom is -0.0599 e. The fourth-order valence-electron chi connectivity index (χ4n) is 4.93. The largest absolute Gasteiger partial charge is 0.0599 e. The molecule has 1 heteroatoms. The first-order chi connectivity index (χ1) is 7.90. The van der Waals surface area contributed by atoms with Crippen LogP contribution in [0.25, 0.3) is 0 Å². The van der Waals surface area contributed by atoms with Gasteiger partial charge in [0.1, 0.15) is 0 Å². The lowest BCUT2D eigenvalue weighted by Gasteiger charge is -2.37. The third-order valence-electron chi connectivity index (χ3n) is 5.67. The van der Waals surface area contributed by atoms with Crippen LogP contribution in [0.1, 0.15) is 57.8 Å². The summed E-state index contributed by atoms with van der Waals surface area (Å²) in [7, 11) is 0.327. The molecule has 0 radical (unpaired) electrons. The molecule has 3 aliphatic rings. The molecule has 3 fully saturated rings. The van der Waals surface area contributed by atoms with E-state index in [9.17, 15) is 0 Å². The van der Waals surface area contributed by atoms with Crippen molar-refractivity contribution in [2.24, 2.45) is 23.7 Å². The lowest BCUT2D eigenvalue weighted by molar-refractivity contribution is 0.184. The molecule has 0 nitrogen and oxygen atoms in total. The first-order valence-corrected chi connectivity index (χ1v) is 9.90. The van der Waals surface area contributed by atoms with E-state index >= 15 is 0 Å². The summed E-state index contributed by atoms with van der Waals surface area (Å²) in [5.41, 5.74) is 0. The Morgan fingerprint density at radius 2 is 1.06 bits per heavy atom. The van der Waals surface area contributed by atoms with Gasteiger partial charge in [-0.1, -0.05) is 50.6 Å². The van der Waals surface area contributed by atoms with Crippen molar-refractivity contribution in [3.05, 3.63) is 0 Å². The molecule has 0 aromatic heterocycles. The zero-order valence-corrected chi connectivity index (χ0v) is 12.2. The van der Waals surface area contributed by atoms with E-state index in [-0.39, 0.29) is 0 Å². The predicted molar refractivity (Wildman–Crippen MR) is 73.7 cm³/mol. The summed E-state index contributed by atoms with van der Waals surface area (Å²) >= 11 is 0. The van der Waals surface area contributed by atoms with Crippen molar-refractivity contribution in [2.75, 3.05) is 0 Å². The maximum atomic E-state index is 1.71. The monoisotopic (exact) mass is 236 g/mol. The van der Waals surface area contributed by atoms with Crippen LogP contribution in [-0.2, 0) is 0 Å². The van der Waals surface area contributed by atoms with Gasteiger partial charge < -0.3 is 0 Å². The Balaban J connectivity index is 1.75. The summed E-state index contributed by atoms with van der Waals surface area (Å²) in [4.78, 5) is 0. The van der Waals surface area contributed by atoms with E-state index in [1.165, 1.54) is 11.8 Å². The van der Waals surface area contributed by atoms with Crippen molar-refractivity contribution in [3.8, 4) is 0 Å². The van der Waals surface area contributed by atoms with Crippen molar-refractivity contribution in [1.82, 2.24) is 0 Å². The average Bonchev–Trinajstić information content (AvgIpc) is 2.12. The fraction of sp³-hybridized carbons (Fsp3) is 1.00. The first-order valence-electron chi connectivity index (χ1n) is 7.90. The molecule has 1 heterocycles. The van der Waals surface area contributed by atoms with Gasteiger partial charge in [0.15, 0.2) is 0 Å². The van der Waals surface area contributed by atoms with Crippen LogP contribution < -0.4 is 0 Å². The second-order valence-electron chi connectivity index (χ2n) is 6.96. The highest BCUT2D eigenvalue weighted by Crippen LogP contribution is 2.42. The highest BCUT2D eigenvalue weighted by atomic mass is 28.2. The molecule has 3 rings (SSSR count). The Labute approximate surface area is 103 Å². The molecule has 2 atom stereocenters. The summed E-state index contributed by atoms with van der Waals surface area (Å²) in [6.45, 7) is 0. The maximum Gasteiger partial charge on any atom is 0.0203 e.